The molecule has 0 radical (unpaired) electrons. The van der Waals surface area contributed by atoms with Crippen molar-refractivity contribution in [1.29, 1.82) is 0 Å². The van der Waals surface area contributed by atoms with Gasteiger partial charge in [0.15, 0.2) is 11.5 Å². The van der Waals surface area contributed by atoms with Crippen molar-refractivity contribution in [1.82, 2.24) is 20.1 Å². The normalized spacial score (nSPS) is 17.2. The number of hydrogen-bond donors (Lipinski definition) is 1. The molecule has 1 atom stereocenters. The summed E-state index contributed by atoms with van der Waals surface area (Å²) in [6, 6.07) is 12.2. The Labute approximate surface area is 304 Å². The molecular formula is C43H52N4O4. The smallest absolute Gasteiger partial charge is 0.203 e. The Bertz CT molecular complexity index is 1810. The van der Waals surface area contributed by atoms with Gasteiger partial charge in [-0.2, -0.15) is 0 Å². The van der Waals surface area contributed by atoms with Gasteiger partial charge >= 0.3 is 0 Å². The van der Waals surface area contributed by atoms with Gasteiger partial charge in [-0.25, -0.2) is 4.98 Å². The third-order valence-electron chi connectivity index (χ3n) is 9.59. The maximum atomic E-state index is 5.69. The lowest BCUT2D eigenvalue weighted by Crippen LogP contribution is -2.46. The zero-order valence-electron chi connectivity index (χ0n) is 31.3. The number of aromatic nitrogens is 1. The van der Waals surface area contributed by atoms with Gasteiger partial charge in [-0.1, -0.05) is 38.0 Å². The summed E-state index contributed by atoms with van der Waals surface area (Å²) >= 11 is 0. The molecule has 0 bridgehead atoms. The van der Waals surface area contributed by atoms with Crippen molar-refractivity contribution in [3.8, 4) is 46.7 Å². The van der Waals surface area contributed by atoms with Crippen LogP contribution in [0.15, 0.2) is 66.5 Å². The highest BCUT2D eigenvalue weighted by molar-refractivity contribution is 5.58. The first-order chi connectivity index (χ1) is 25.0. The van der Waals surface area contributed by atoms with Crippen molar-refractivity contribution >= 4 is 0 Å². The number of methoxy groups -OCH3 is 4. The monoisotopic (exact) mass is 688 g/mol. The van der Waals surface area contributed by atoms with E-state index in [1.165, 1.54) is 41.5 Å². The van der Waals surface area contributed by atoms with Crippen LogP contribution in [-0.4, -0.2) is 82.0 Å². The standard InChI is InChI=1S/C41H46N4O4.C2H6/c1-29-37(34-7-6-8-34)23-30(24-38(29)46-2)9-11-35-21-32(13-15-42-35)27-44-17-19-45(20-18-44)28-33-14-16-43-36(22-33)12-10-31-25-39(47-3)41(49-5)40(26-31)48-4;1-2/h13-16,21-26,34-35,42H,6-8,17-20,27-28H2,1-5H3;1-2H3. The average Bonchev–Trinajstić information content (AvgIpc) is 3.15. The molecule has 1 N–H and O–H groups in total. The highest BCUT2D eigenvalue weighted by Gasteiger charge is 2.23. The molecule has 1 saturated carbocycles. The Morgan fingerprint density at radius 3 is 2.06 bits per heavy atom. The first kappa shape index (κ1) is 37.4. The Balaban J connectivity index is 0.00000248. The van der Waals surface area contributed by atoms with E-state index in [1.807, 2.05) is 38.4 Å². The molecule has 3 aliphatic rings. The topological polar surface area (TPSA) is 68.3 Å². The molecule has 51 heavy (non-hydrogen) atoms. The number of benzene rings is 2. The van der Waals surface area contributed by atoms with Crippen molar-refractivity contribution in [3.63, 3.8) is 0 Å². The van der Waals surface area contributed by atoms with Gasteiger partial charge < -0.3 is 24.3 Å². The zero-order chi connectivity index (χ0) is 36.2. The summed E-state index contributed by atoms with van der Waals surface area (Å²) in [7, 11) is 6.54. The molecule has 8 nitrogen and oxygen atoms in total. The molecular weight excluding hydrogens is 636 g/mol. The number of pyridine rings is 1. The fourth-order valence-electron chi connectivity index (χ4n) is 6.62. The Morgan fingerprint density at radius 2 is 1.43 bits per heavy atom. The van der Waals surface area contributed by atoms with E-state index < -0.39 is 0 Å². The Kier molecular flexibility index (Phi) is 13.5. The van der Waals surface area contributed by atoms with Gasteiger partial charge in [0.05, 0.1) is 28.4 Å². The molecule has 2 fully saturated rings. The van der Waals surface area contributed by atoms with Crippen molar-refractivity contribution in [2.45, 2.75) is 58.5 Å². The van der Waals surface area contributed by atoms with Crippen LogP contribution in [0.4, 0.5) is 0 Å². The third kappa shape index (κ3) is 9.67. The van der Waals surface area contributed by atoms with E-state index in [1.54, 1.807) is 28.4 Å². The quantitative estimate of drug-likeness (QED) is 0.250. The molecule has 0 spiro atoms. The molecule has 2 aromatic carbocycles. The van der Waals surface area contributed by atoms with E-state index in [0.29, 0.717) is 23.2 Å². The molecule has 0 amide bonds. The highest BCUT2D eigenvalue weighted by Crippen LogP contribution is 2.41. The van der Waals surface area contributed by atoms with Crippen molar-refractivity contribution < 1.29 is 18.9 Å². The summed E-state index contributed by atoms with van der Waals surface area (Å²) in [4.78, 5) is 9.51. The predicted octanol–water partition coefficient (Wildman–Crippen LogP) is 6.70. The van der Waals surface area contributed by atoms with Gasteiger partial charge in [-0.15, -0.1) is 0 Å². The molecule has 1 aromatic heterocycles. The number of ether oxygens (including phenoxy) is 4. The third-order valence-corrected chi connectivity index (χ3v) is 9.59. The number of rotatable bonds is 9. The van der Waals surface area contributed by atoms with E-state index >= 15 is 0 Å². The van der Waals surface area contributed by atoms with Crippen LogP contribution in [0.25, 0.3) is 0 Å². The summed E-state index contributed by atoms with van der Waals surface area (Å²) in [6.45, 7) is 12.0. The summed E-state index contributed by atoms with van der Waals surface area (Å²) < 4.78 is 22.0. The molecule has 2 aliphatic heterocycles. The predicted molar refractivity (Wildman–Crippen MR) is 205 cm³/mol. The number of nitrogens with one attached hydrogen (secondary N) is 1. The lowest BCUT2D eigenvalue weighted by Gasteiger charge is -2.35. The maximum absolute atomic E-state index is 5.69. The number of dihydropyridines is 1. The molecule has 268 valence electrons. The molecule has 1 aliphatic carbocycles. The molecule has 3 heterocycles. The largest absolute Gasteiger partial charge is 0.496 e. The zero-order valence-corrected chi connectivity index (χ0v) is 31.3. The Morgan fingerprint density at radius 1 is 0.784 bits per heavy atom. The minimum Gasteiger partial charge on any atom is -0.496 e. The van der Waals surface area contributed by atoms with Gasteiger partial charge in [0.2, 0.25) is 5.75 Å². The van der Waals surface area contributed by atoms with Gasteiger partial charge in [0.1, 0.15) is 17.5 Å². The molecule has 3 aromatic rings. The summed E-state index contributed by atoms with van der Waals surface area (Å²) in [5, 5.41) is 3.41. The Hall–Kier alpha value is -4.89. The number of nitrogens with zero attached hydrogens (tertiary/aromatic N) is 3. The minimum absolute atomic E-state index is 0.0153. The highest BCUT2D eigenvalue weighted by atomic mass is 16.5. The van der Waals surface area contributed by atoms with E-state index in [9.17, 15) is 0 Å². The molecule has 6 rings (SSSR count). The number of piperazine rings is 1. The first-order valence-corrected chi connectivity index (χ1v) is 18.0. The maximum Gasteiger partial charge on any atom is 0.203 e. The second-order valence-corrected chi connectivity index (χ2v) is 12.8. The number of hydrogen-bond acceptors (Lipinski definition) is 8. The van der Waals surface area contributed by atoms with Crippen LogP contribution < -0.4 is 24.3 Å². The van der Waals surface area contributed by atoms with Crippen LogP contribution in [0.5, 0.6) is 23.0 Å². The first-order valence-electron chi connectivity index (χ1n) is 18.0. The fourth-order valence-corrected chi connectivity index (χ4v) is 6.62. The van der Waals surface area contributed by atoms with Crippen LogP contribution in [0.2, 0.25) is 0 Å². The van der Waals surface area contributed by atoms with Crippen molar-refractivity contribution in [2.24, 2.45) is 0 Å². The second-order valence-electron chi connectivity index (χ2n) is 12.8. The van der Waals surface area contributed by atoms with Crippen LogP contribution in [0.3, 0.4) is 0 Å². The van der Waals surface area contributed by atoms with E-state index in [2.05, 4.69) is 87.1 Å². The van der Waals surface area contributed by atoms with E-state index in [-0.39, 0.29) is 6.04 Å². The van der Waals surface area contributed by atoms with Gasteiger partial charge in [-0.3, -0.25) is 9.80 Å². The second kappa shape index (κ2) is 18.4. The van der Waals surface area contributed by atoms with Crippen LogP contribution in [0.1, 0.15) is 72.5 Å². The van der Waals surface area contributed by atoms with Crippen LogP contribution in [-0.2, 0) is 6.54 Å². The lowest BCUT2D eigenvalue weighted by molar-refractivity contribution is 0.135. The molecule has 1 saturated heterocycles. The summed E-state index contributed by atoms with van der Waals surface area (Å²) in [5.74, 6) is 16.5. The van der Waals surface area contributed by atoms with Crippen molar-refractivity contribution in [3.05, 3.63) is 100 Å². The van der Waals surface area contributed by atoms with Gasteiger partial charge in [-0.05, 0) is 109 Å². The van der Waals surface area contributed by atoms with Gasteiger partial charge in [0, 0.05) is 56.6 Å². The molecule has 8 heteroatoms. The minimum atomic E-state index is -0.0153. The summed E-state index contributed by atoms with van der Waals surface area (Å²) in [5.41, 5.74) is 7.67. The molecule has 1 unspecified atom stereocenters. The van der Waals surface area contributed by atoms with Crippen LogP contribution in [0, 0.1) is 30.6 Å². The lowest BCUT2D eigenvalue weighted by atomic mass is 9.77. The SMILES string of the molecule is CC.COc1cc(C#CC2C=C(CN3CCN(Cc4ccnc(C#Cc5cc(OC)c(OC)c(OC)c5)c4)CC3)C=CN2)cc(C2CCC2)c1C. The van der Waals surface area contributed by atoms with Crippen molar-refractivity contribution in [2.75, 3.05) is 61.2 Å². The fraction of sp³-hybridized carbons (Fsp3) is 0.419. The van der Waals surface area contributed by atoms with Gasteiger partial charge in [0.25, 0.3) is 0 Å². The van der Waals surface area contributed by atoms with Crippen LogP contribution >= 0.6 is 0 Å². The van der Waals surface area contributed by atoms with E-state index in [0.717, 1.165) is 61.8 Å². The van der Waals surface area contributed by atoms with E-state index in [4.69, 9.17) is 18.9 Å². The average molecular weight is 689 g/mol. The summed E-state index contributed by atoms with van der Waals surface area (Å²) in [6.07, 6.45) is 12.1.